The molecular formula is C19H21ClN2O4S. The normalized spacial score (nSPS) is 17.6. The Morgan fingerprint density at radius 1 is 1.22 bits per heavy atom. The van der Waals surface area contributed by atoms with Crippen LogP contribution in [0.4, 0.5) is 5.69 Å². The van der Waals surface area contributed by atoms with E-state index in [0.29, 0.717) is 18.7 Å². The molecule has 1 atom stereocenters. The molecule has 1 aliphatic rings. The summed E-state index contributed by atoms with van der Waals surface area (Å²) in [6.07, 6.45) is 0.435. The van der Waals surface area contributed by atoms with Gasteiger partial charge in [0.15, 0.2) is 0 Å². The van der Waals surface area contributed by atoms with Crippen molar-refractivity contribution >= 4 is 33.2 Å². The second-order valence-electron chi connectivity index (χ2n) is 6.13. The number of hydrogen-bond acceptors (Lipinski definition) is 4. The second-order valence-corrected chi connectivity index (χ2v) is 8.43. The molecule has 0 spiro atoms. The maximum Gasteiger partial charge on any atom is 0.245 e. The van der Waals surface area contributed by atoms with Crippen molar-refractivity contribution < 1.29 is 17.9 Å². The first-order valence-electron chi connectivity index (χ1n) is 8.62. The SMILES string of the molecule is CCN(C1CCN(c2ccccc2)C1=O)S(=O)(=O)c1ccc(OC)c(Cl)c1. The van der Waals surface area contributed by atoms with E-state index in [0.717, 1.165) is 5.69 Å². The number of hydrogen-bond donors (Lipinski definition) is 0. The van der Waals surface area contributed by atoms with E-state index in [2.05, 4.69) is 0 Å². The van der Waals surface area contributed by atoms with E-state index in [1.807, 2.05) is 30.3 Å². The van der Waals surface area contributed by atoms with Crippen molar-refractivity contribution in [3.8, 4) is 5.75 Å². The number of ether oxygens (including phenoxy) is 1. The molecular weight excluding hydrogens is 388 g/mol. The average molecular weight is 409 g/mol. The predicted molar refractivity (Wildman–Crippen MR) is 105 cm³/mol. The summed E-state index contributed by atoms with van der Waals surface area (Å²) in [4.78, 5) is 14.6. The van der Waals surface area contributed by atoms with Crippen LogP contribution in [0.15, 0.2) is 53.4 Å². The predicted octanol–water partition coefficient (Wildman–Crippen LogP) is 3.16. The van der Waals surface area contributed by atoms with Crippen LogP contribution in [0, 0.1) is 0 Å². The molecule has 8 heteroatoms. The quantitative estimate of drug-likeness (QED) is 0.736. The van der Waals surface area contributed by atoms with E-state index in [1.165, 1.54) is 29.6 Å². The number of benzene rings is 2. The Labute approximate surface area is 164 Å². The number of carbonyl (C=O) groups is 1. The van der Waals surface area contributed by atoms with Crippen LogP contribution in [0.1, 0.15) is 13.3 Å². The Hall–Kier alpha value is -2.09. The van der Waals surface area contributed by atoms with Crippen LogP contribution >= 0.6 is 11.6 Å². The van der Waals surface area contributed by atoms with E-state index < -0.39 is 16.1 Å². The van der Waals surface area contributed by atoms with Gasteiger partial charge >= 0.3 is 0 Å². The third kappa shape index (κ3) is 3.67. The first kappa shape index (κ1) is 19.7. The highest BCUT2D eigenvalue weighted by Crippen LogP contribution is 2.31. The van der Waals surface area contributed by atoms with Crippen LogP contribution in [0.3, 0.4) is 0 Å². The summed E-state index contributed by atoms with van der Waals surface area (Å²) in [5, 5.41) is 0.207. The van der Waals surface area contributed by atoms with Gasteiger partial charge in [0, 0.05) is 18.8 Å². The Balaban J connectivity index is 1.90. The zero-order valence-electron chi connectivity index (χ0n) is 15.1. The Bertz CT molecular complexity index is 934. The van der Waals surface area contributed by atoms with Crippen LogP contribution in [0.2, 0.25) is 5.02 Å². The fraction of sp³-hybridized carbons (Fsp3) is 0.316. The van der Waals surface area contributed by atoms with Crippen LogP contribution in [0.25, 0.3) is 0 Å². The van der Waals surface area contributed by atoms with Crippen molar-refractivity contribution in [2.75, 3.05) is 25.1 Å². The van der Waals surface area contributed by atoms with Gasteiger partial charge in [-0.15, -0.1) is 0 Å². The number of rotatable bonds is 6. The first-order chi connectivity index (χ1) is 12.9. The molecule has 0 saturated carbocycles. The van der Waals surface area contributed by atoms with Gasteiger partial charge in [0.2, 0.25) is 15.9 Å². The number of sulfonamides is 1. The van der Waals surface area contributed by atoms with Gasteiger partial charge in [-0.3, -0.25) is 4.79 Å². The van der Waals surface area contributed by atoms with Crippen molar-refractivity contribution in [2.24, 2.45) is 0 Å². The number of anilines is 1. The highest BCUT2D eigenvalue weighted by Gasteiger charge is 2.41. The second kappa shape index (κ2) is 7.88. The fourth-order valence-electron chi connectivity index (χ4n) is 3.30. The lowest BCUT2D eigenvalue weighted by Gasteiger charge is -2.26. The number of carbonyl (C=O) groups excluding carboxylic acids is 1. The monoisotopic (exact) mass is 408 g/mol. The van der Waals surface area contributed by atoms with Gasteiger partial charge in [0.25, 0.3) is 0 Å². The molecule has 1 aliphatic heterocycles. The summed E-state index contributed by atoms with van der Waals surface area (Å²) in [5.41, 5.74) is 0.769. The molecule has 0 aromatic heterocycles. The lowest BCUT2D eigenvalue weighted by molar-refractivity contribution is -0.120. The summed E-state index contributed by atoms with van der Waals surface area (Å²) < 4.78 is 32.6. The lowest BCUT2D eigenvalue weighted by Crippen LogP contribution is -2.45. The topological polar surface area (TPSA) is 66.9 Å². The Kier molecular flexibility index (Phi) is 5.74. The van der Waals surface area contributed by atoms with E-state index in [4.69, 9.17) is 16.3 Å². The van der Waals surface area contributed by atoms with Crippen LogP contribution in [0.5, 0.6) is 5.75 Å². The summed E-state index contributed by atoms with van der Waals surface area (Å²) in [6.45, 7) is 2.38. The highest BCUT2D eigenvalue weighted by atomic mass is 35.5. The molecule has 1 amide bonds. The molecule has 2 aromatic carbocycles. The number of para-hydroxylation sites is 1. The highest BCUT2D eigenvalue weighted by molar-refractivity contribution is 7.89. The van der Waals surface area contributed by atoms with Gasteiger partial charge in [-0.05, 0) is 36.8 Å². The molecule has 1 unspecified atom stereocenters. The van der Waals surface area contributed by atoms with E-state index in [9.17, 15) is 13.2 Å². The molecule has 0 radical (unpaired) electrons. The molecule has 1 fully saturated rings. The number of nitrogens with zero attached hydrogens (tertiary/aromatic N) is 2. The van der Waals surface area contributed by atoms with Gasteiger partial charge in [0.1, 0.15) is 11.8 Å². The van der Waals surface area contributed by atoms with E-state index >= 15 is 0 Å². The largest absolute Gasteiger partial charge is 0.495 e. The van der Waals surface area contributed by atoms with Gasteiger partial charge in [-0.25, -0.2) is 8.42 Å². The Morgan fingerprint density at radius 2 is 1.93 bits per heavy atom. The molecule has 0 bridgehead atoms. The number of methoxy groups -OCH3 is 1. The van der Waals surface area contributed by atoms with E-state index in [1.54, 1.807) is 11.8 Å². The molecule has 6 nitrogen and oxygen atoms in total. The van der Waals surface area contributed by atoms with Crippen molar-refractivity contribution in [1.29, 1.82) is 0 Å². The van der Waals surface area contributed by atoms with Crippen molar-refractivity contribution in [3.05, 3.63) is 53.6 Å². The molecule has 27 heavy (non-hydrogen) atoms. The number of likely N-dealkylation sites (N-methyl/N-ethyl adjacent to an activating group) is 1. The van der Waals surface area contributed by atoms with E-state index in [-0.39, 0.29) is 22.4 Å². The van der Waals surface area contributed by atoms with Crippen molar-refractivity contribution in [1.82, 2.24) is 4.31 Å². The van der Waals surface area contributed by atoms with Crippen molar-refractivity contribution in [2.45, 2.75) is 24.3 Å². The van der Waals surface area contributed by atoms with Crippen LogP contribution in [-0.4, -0.2) is 44.9 Å². The van der Waals surface area contributed by atoms with Crippen molar-refractivity contribution in [3.63, 3.8) is 0 Å². The minimum atomic E-state index is -3.87. The Morgan fingerprint density at radius 3 is 2.52 bits per heavy atom. The van der Waals surface area contributed by atoms with Gasteiger partial charge in [-0.2, -0.15) is 4.31 Å². The van der Waals surface area contributed by atoms with Gasteiger partial charge in [0.05, 0.1) is 17.0 Å². The van der Waals surface area contributed by atoms with Crippen LogP contribution < -0.4 is 9.64 Å². The summed E-state index contributed by atoms with van der Waals surface area (Å²) in [5.74, 6) is 0.178. The zero-order valence-corrected chi connectivity index (χ0v) is 16.7. The minimum Gasteiger partial charge on any atom is -0.495 e. The smallest absolute Gasteiger partial charge is 0.245 e. The summed E-state index contributed by atoms with van der Waals surface area (Å²) in [6, 6.07) is 12.8. The fourth-order valence-corrected chi connectivity index (χ4v) is 5.27. The summed E-state index contributed by atoms with van der Waals surface area (Å²) >= 11 is 6.09. The average Bonchev–Trinajstić information content (AvgIpc) is 3.04. The third-order valence-electron chi connectivity index (χ3n) is 4.63. The minimum absolute atomic E-state index is 0.0427. The maximum atomic E-state index is 13.1. The zero-order chi connectivity index (χ0) is 19.6. The standard InChI is InChI=1S/C19H21ClN2O4S/c1-3-22(27(24,25)15-9-10-18(26-2)16(20)13-15)17-11-12-21(19(17)23)14-7-5-4-6-8-14/h4-10,13,17H,3,11-12H2,1-2H3. The summed E-state index contributed by atoms with van der Waals surface area (Å²) in [7, 11) is -2.41. The molecule has 1 saturated heterocycles. The molecule has 144 valence electrons. The molecule has 0 aliphatic carbocycles. The molecule has 0 N–H and O–H groups in total. The maximum absolute atomic E-state index is 13.1. The third-order valence-corrected chi connectivity index (χ3v) is 6.91. The number of amides is 1. The number of halogens is 1. The van der Waals surface area contributed by atoms with Crippen LogP contribution in [-0.2, 0) is 14.8 Å². The molecule has 1 heterocycles. The van der Waals surface area contributed by atoms with Gasteiger partial charge < -0.3 is 9.64 Å². The molecule has 2 aromatic rings. The first-order valence-corrected chi connectivity index (χ1v) is 10.4. The van der Waals surface area contributed by atoms with Gasteiger partial charge in [-0.1, -0.05) is 36.7 Å². The molecule has 3 rings (SSSR count). The lowest BCUT2D eigenvalue weighted by atomic mass is 10.2.